The van der Waals surface area contributed by atoms with Gasteiger partial charge in [0.05, 0.1) is 13.2 Å². The zero-order chi connectivity index (χ0) is 13.7. The van der Waals surface area contributed by atoms with Crippen molar-refractivity contribution in [3.05, 3.63) is 24.0 Å². The molecule has 2 heterocycles. The van der Waals surface area contributed by atoms with Crippen molar-refractivity contribution < 1.29 is 9.53 Å². The molecule has 0 spiro atoms. The van der Waals surface area contributed by atoms with E-state index in [0.29, 0.717) is 38.9 Å². The molecular weight excluding hydrogens is 242 g/mol. The zero-order valence-corrected chi connectivity index (χ0v) is 11.8. The highest BCUT2D eigenvalue weighted by molar-refractivity contribution is 5.76. The van der Waals surface area contributed by atoms with Crippen molar-refractivity contribution in [1.82, 2.24) is 14.8 Å². The topological polar surface area (TPSA) is 46.5 Å². The minimum atomic E-state index is 0.168. The van der Waals surface area contributed by atoms with Crippen molar-refractivity contribution in [2.24, 2.45) is 0 Å². The molecule has 1 saturated heterocycles. The van der Waals surface area contributed by atoms with Gasteiger partial charge in [-0.3, -0.25) is 4.79 Å². The van der Waals surface area contributed by atoms with Crippen LogP contribution in [0.15, 0.2) is 18.5 Å². The Balaban J connectivity index is 1.90. The predicted octanol–water partition coefficient (Wildman–Crippen LogP) is 1.02. The summed E-state index contributed by atoms with van der Waals surface area (Å²) in [4.78, 5) is 14.0. The van der Waals surface area contributed by atoms with E-state index in [1.165, 1.54) is 5.56 Å². The molecule has 1 N–H and O–H groups in total. The summed E-state index contributed by atoms with van der Waals surface area (Å²) in [5, 5.41) is 3.37. The van der Waals surface area contributed by atoms with Crippen molar-refractivity contribution >= 4 is 5.91 Å². The van der Waals surface area contributed by atoms with Crippen LogP contribution in [-0.2, 0) is 16.1 Å². The Kier molecular flexibility index (Phi) is 4.99. The van der Waals surface area contributed by atoms with E-state index in [9.17, 15) is 4.79 Å². The van der Waals surface area contributed by atoms with Gasteiger partial charge >= 0.3 is 0 Å². The number of carbonyl (C=O) groups excluding carboxylic acids is 1. The second-order valence-electron chi connectivity index (χ2n) is 4.89. The first kappa shape index (κ1) is 14.1. The van der Waals surface area contributed by atoms with Crippen LogP contribution < -0.4 is 5.32 Å². The van der Waals surface area contributed by atoms with Crippen molar-refractivity contribution in [1.29, 1.82) is 0 Å². The minimum absolute atomic E-state index is 0.168. The van der Waals surface area contributed by atoms with E-state index in [0.717, 1.165) is 6.54 Å². The van der Waals surface area contributed by atoms with Crippen LogP contribution in [0.5, 0.6) is 0 Å². The summed E-state index contributed by atoms with van der Waals surface area (Å²) in [6.45, 7) is 8.31. The molecule has 19 heavy (non-hydrogen) atoms. The SMILES string of the molecule is CCNC(C)c1ccn(CC(=O)N2CCOCC2)c1. The smallest absolute Gasteiger partial charge is 0.242 e. The number of nitrogens with one attached hydrogen (secondary N) is 1. The van der Waals surface area contributed by atoms with Crippen LogP contribution in [-0.4, -0.2) is 48.2 Å². The first-order valence-corrected chi connectivity index (χ1v) is 6.95. The molecule has 2 rings (SSSR count). The van der Waals surface area contributed by atoms with Gasteiger partial charge in [-0.05, 0) is 25.1 Å². The van der Waals surface area contributed by atoms with E-state index in [2.05, 4.69) is 25.2 Å². The number of morpholine rings is 1. The van der Waals surface area contributed by atoms with Gasteiger partial charge in [-0.1, -0.05) is 6.92 Å². The van der Waals surface area contributed by atoms with Crippen molar-refractivity contribution in [3.8, 4) is 0 Å². The van der Waals surface area contributed by atoms with Gasteiger partial charge in [0.1, 0.15) is 6.54 Å². The summed E-state index contributed by atoms with van der Waals surface area (Å²) < 4.78 is 7.21. The fourth-order valence-electron chi connectivity index (χ4n) is 2.31. The Morgan fingerprint density at radius 3 is 2.89 bits per heavy atom. The van der Waals surface area contributed by atoms with Gasteiger partial charge in [-0.15, -0.1) is 0 Å². The highest BCUT2D eigenvalue weighted by Gasteiger charge is 2.17. The van der Waals surface area contributed by atoms with Crippen LogP contribution in [0.3, 0.4) is 0 Å². The van der Waals surface area contributed by atoms with Crippen LogP contribution in [0.1, 0.15) is 25.5 Å². The maximum Gasteiger partial charge on any atom is 0.242 e. The third-order valence-electron chi connectivity index (χ3n) is 3.47. The normalized spacial score (nSPS) is 17.5. The van der Waals surface area contributed by atoms with Crippen LogP contribution in [0.2, 0.25) is 0 Å². The second-order valence-corrected chi connectivity index (χ2v) is 4.89. The Labute approximate surface area is 114 Å². The van der Waals surface area contributed by atoms with Crippen molar-refractivity contribution in [2.75, 3.05) is 32.8 Å². The van der Waals surface area contributed by atoms with Gasteiger partial charge in [0, 0.05) is 31.5 Å². The first-order valence-electron chi connectivity index (χ1n) is 6.95. The fourth-order valence-corrected chi connectivity index (χ4v) is 2.31. The summed E-state index contributed by atoms with van der Waals surface area (Å²) >= 11 is 0. The van der Waals surface area contributed by atoms with Crippen molar-refractivity contribution in [2.45, 2.75) is 26.4 Å². The lowest BCUT2D eigenvalue weighted by atomic mass is 10.2. The molecule has 0 bridgehead atoms. The maximum absolute atomic E-state index is 12.1. The summed E-state index contributed by atoms with van der Waals surface area (Å²) in [5.41, 5.74) is 1.22. The molecule has 1 amide bonds. The molecule has 0 saturated carbocycles. The van der Waals surface area contributed by atoms with Crippen LogP contribution in [0.4, 0.5) is 0 Å². The number of rotatable bonds is 5. The third-order valence-corrected chi connectivity index (χ3v) is 3.47. The average Bonchev–Trinajstić information content (AvgIpc) is 2.88. The molecule has 5 heteroatoms. The lowest BCUT2D eigenvalue weighted by Gasteiger charge is -2.27. The molecule has 0 radical (unpaired) electrons. The lowest BCUT2D eigenvalue weighted by molar-refractivity contribution is -0.135. The number of hydrogen-bond acceptors (Lipinski definition) is 3. The van der Waals surface area contributed by atoms with Gasteiger partial charge < -0.3 is 19.5 Å². The van der Waals surface area contributed by atoms with E-state index in [4.69, 9.17) is 4.74 Å². The molecule has 106 valence electrons. The van der Waals surface area contributed by atoms with Gasteiger partial charge in [-0.25, -0.2) is 0 Å². The molecule has 1 aromatic heterocycles. The Hall–Kier alpha value is -1.33. The number of ether oxygens (including phenoxy) is 1. The molecule has 1 aliphatic rings. The third kappa shape index (κ3) is 3.81. The first-order chi connectivity index (χ1) is 9.20. The number of aromatic nitrogens is 1. The van der Waals surface area contributed by atoms with Crippen LogP contribution >= 0.6 is 0 Å². The molecule has 1 fully saturated rings. The van der Waals surface area contributed by atoms with Crippen LogP contribution in [0.25, 0.3) is 0 Å². The molecule has 1 aromatic rings. The molecular formula is C14H23N3O2. The quantitative estimate of drug-likeness (QED) is 0.864. The maximum atomic E-state index is 12.1. The molecule has 1 atom stereocenters. The largest absolute Gasteiger partial charge is 0.378 e. The Bertz CT molecular complexity index is 411. The average molecular weight is 265 g/mol. The summed E-state index contributed by atoms with van der Waals surface area (Å²) in [5.74, 6) is 0.168. The van der Waals surface area contributed by atoms with E-state index in [1.807, 2.05) is 21.9 Å². The standard InChI is InChI=1S/C14H23N3O2/c1-3-15-12(2)13-4-5-16(10-13)11-14(18)17-6-8-19-9-7-17/h4-5,10,12,15H,3,6-9,11H2,1-2H3. The van der Waals surface area contributed by atoms with Gasteiger partial charge in [0.25, 0.3) is 0 Å². The van der Waals surface area contributed by atoms with Gasteiger partial charge in [-0.2, -0.15) is 0 Å². The number of amides is 1. The predicted molar refractivity (Wildman–Crippen MR) is 73.9 cm³/mol. The summed E-state index contributed by atoms with van der Waals surface area (Å²) in [6.07, 6.45) is 4.02. The second kappa shape index (κ2) is 6.73. The number of carbonyl (C=O) groups is 1. The highest BCUT2D eigenvalue weighted by Crippen LogP contribution is 2.12. The molecule has 5 nitrogen and oxygen atoms in total. The van der Waals surface area contributed by atoms with E-state index < -0.39 is 0 Å². The molecule has 1 aliphatic heterocycles. The van der Waals surface area contributed by atoms with Gasteiger partial charge in [0.2, 0.25) is 5.91 Å². The Morgan fingerprint density at radius 1 is 1.47 bits per heavy atom. The summed E-state index contributed by atoms with van der Waals surface area (Å²) in [7, 11) is 0. The monoisotopic (exact) mass is 265 g/mol. The Morgan fingerprint density at radius 2 is 2.21 bits per heavy atom. The molecule has 0 aliphatic carbocycles. The van der Waals surface area contributed by atoms with Crippen LogP contribution in [0, 0.1) is 0 Å². The summed E-state index contributed by atoms with van der Waals surface area (Å²) in [6, 6.07) is 2.39. The lowest BCUT2D eigenvalue weighted by Crippen LogP contribution is -2.42. The number of hydrogen-bond donors (Lipinski definition) is 1. The van der Waals surface area contributed by atoms with Gasteiger partial charge in [0.15, 0.2) is 0 Å². The van der Waals surface area contributed by atoms with E-state index in [1.54, 1.807) is 0 Å². The molecule has 1 unspecified atom stereocenters. The van der Waals surface area contributed by atoms with E-state index in [-0.39, 0.29) is 5.91 Å². The number of nitrogens with zero attached hydrogens (tertiary/aromatic N) is 2. The highest BCUT2D eigenvalue weighted by atomic mass is 16.5. The fraction of sp³-hybridized carbons (Fsp3) is 0.643. The minimum Gasteiger partial charge on any atom is -0.378 e. The molecule has 0 aromatic carbocycles. The zero-order valence-electron chi connectivity index (χ0n) is 11.8. The van der Waals surface area contributed by atoms with E-state index >= 15 is 0 Å². The van der Waals surface area contributed by atoms with Crippen molar-refractivity contribution in [3.63, 3.8) is 0 Å².